The highest BCUT2D eigenvalue weighted by atomic mass is 19.1. The highest BCUT2D eigenvalue weighted by Gasteiger charge is 2.27. The summed E-state index contributed by atoms with van der Waals surface area (Å²) in [5.74, 6) is 2.04. The monoisotopic (exact) mass is 479 g/mol. The van der Waals surface area contributed by atoms with Gasteiger partial charge in [0.2, 0.25) is 17.8 Å². The average Bonchev–Trinajstić information content (AvgIpc) is 2.92. The van der Waals surface area contributed by atoms with Gasteiger partial charge in [-0.25, -0.2) is 4.39 Å². The lowest BCUT2D eigenvalue weighted by Crippen LogP contribution is -2.36. The van der Waals surface area contributed by atoms with Gasteiger partial charge >= 0.3 is 0 Å². The van der Waals surface area contributed by atoms with E-state index in [2.05, 4.69) is 35.9 Å². The van der Waals surface area contributed by atoms with Crippen LogP contribution in [0.5, 0.6) is 5.75 Å². The lowest BCUT2D eigenvalue weighted by Gasteiger charge is -2.28. The number of hydrogen-bond donors (Lipinski definition) is 3. The van der Waals surface area contributed by atoms with Crippen molar-refractivity contribution in [3.8, 4) is 17.1 Å². The number of nitrogens with zero attached hydrogens (tertiary/aromatic N) is 4. The summed E-state index contributed by atoms with van der Waals surface area (Å²) in [4.78, 5) is 30.3. The summed E-state index contributed by atoms with van der Waals surface area (Å²) in [7, 11) is 3.31. The number of nitrogens with one attached hydrogen (secondary N) is 3. The second-order valence-electron chi connectivity index (χ2n) is 8.48. The third-order valence-electron chi connectivity index (χ3n) is 6.22. The fraction of sp³-hybridized carbons (Fsp3) is 0.400. The Balaban J connectivity index is 1.32. The number of ether oxygens (including phenoxy) is 1. The van der Waals surface area contributed by atoms with Crippen LogP contribution in [0.2, 0.25) is 0 Å². The number of methoxy groups -OCH3 is 1. The number of aromatic nitrogens is 4. The number of benzene rings is 1. The van der Waals surface area contributed by atoms with Crippen molar-refractivity contribution < 1.29 is 13.9 Å². The Morgan fingerprint density at radius 2 is 1.89 bits per heavy atom. The number of carbonyl (C=O) groups is 1. The largest absolute Gasteiger partial charge is 0.497 e. The van der Waals surface area contributed by atoms with E-state index in [0.717, 1.165) is 36.8 Å². The summed E-state index contributed by atoms with van der Waals surface area (Å²) < 4.78 is 18.5. The zero-order valence-electron chi connectivity index (χ0n) is 19.9. The molecule has 0 bridgehead atoms. The van der Waals surface area contributed by atoms with E-state index in [4.69, 9.17) is 4.74 Å². The molecule has 1 aliphatic carbocycles. The molecule has 0 atom stereocenters. The van der Waals surface area contributed by atoms with Crippen molar-refractivity contribution in [1.29, 1.82) is 0 Å². The van der Waals surface area contributed by atoms with E-state index in [1.165, 1.54) is 0 Å². The topological polar surface area (TPSA) is 114 Å². The van der Waals surface area contributed by atoms with E-state index in [1.54, 1.807) is 44.8 Å². The normalized spacial score (nSPS) is 17.5. The predicted octanol–water partition coefficient (Wildman–Crippen LogP) is 3.74. The standard InChI is InChI=1S/C25H30FN7O2/c1-27-24-31-22(18-4-3-11-28-14-18)32-25(33-24)30-20-8-5-16(6-9-20)23(34)29-15-17-7-10-21(35-2)12-19(17)13-26/h3-4,7,10-12,14,16,20H,5-6,8-9,13,15H2,1-2H3,(H,29,34)(H2,27,30,31,32,33). The molecule has 35 heavy (non-hydrogen) atoms. The molecule has 1 aromatic carbocycles. The molecule has 9 nitrogen and oxygen atoms in total. The molecule has 1 saturated carbocycles. The molecule has 0 spiro atoms. The third kappa shape index (κ3) is 6.20. The van der Waals surface area contributed by atoms with Crippen LogP contribution in [0.1, 0.15) is 36.8 Å². The number of amides is 1. The summed E-state index contributed by atoms with van der Waals surface area (Å²) in [5.41, 5.74) is 2.10. The van der Waals surface area contributed by atoms with Crippen molar-refractivity contribution in [3.63, 3.8) is 0 Å². The van der Waals surface area contributed by atoms with E-state index in [0.29, 0.717) is 35.6 Å². The van der Waals surface area contributed by atoms with E-state index in [1.807, 2.05) is 12.1 Å². The maximum absolute atomic E-state index is 13.4. The van der Waals surface area contributed by atoms with Crippen LogP contribution in [-0.4, -0.2) is 46.0 Å². The van der Waals surface area contributed by atoms with Gasteiger partial charge < -0.3 is 20.7 Å². The van der Waals surface area contributed by atoms with Crippen molar-refractivity contribution in [2.75, 3.05) is 24.8 Å². The molecule has 4 rings (SSSR count). The molecule has 0 aliphatic heterocycles. The number of carbonyl (C=O) groups excluding carboxylic acids is 1. The zero-order valence-corrected chi connectivity index (χ0v) is 19.9. The molecule has 10 heteroatoms. The first kappa shape index (κ1) is 24.3. The number of anilines is 2. The fourth-order valence-corrected chi connectivity index (χ4v) is 4.21. The first-order chi connectivity index (χ1) is 17.1. The summed E-state index contributed by atoms with van der Waals surface area (Å²) in [6.45, 7) is -0.303. The van der Waals surface area contributed by atoms with Crippen molar-refractivity contribution >= 4 is 17.8 Å². The highest BCUT2D eigenvalue weighted by Crippen LogP contribution is 2.27. The number of halogens is 1. The van der Waals surface area contributed by atoms with Crippen LogP contribution >= 0.6 is 0 Å². The predicted molar refractivity (Wildman–Crippen MR) is 132 cm³/mol. The molecule has 1 aliphatic rings. The molecule has 1 fully saturated rings. The Kier molecular flexibility index (Phi) is 8.02. The van der Waals surface area contributed by atoms with E-state index < -0.39 is 6.67 Å². The molecule has 0 unspecified atom stereocenters. The van der Waals surface area contributed by atoms with Crippen molar-refractivity contribution in [2.45, 2.75) is 44.9 Å². The Morgan fingerprint density at radius 3 is 2.57 bits per heavy atom. The van der Waals surface area contributed by atoms with E-state index in [9.17, 15) is 9.18 Å². The Bertz CT molecular complexity index is 1140. The van der Waals surface area contributed by atoms with Gasteiger partial charge in [0.05, 0.1) is 7.11 Å². The molecule has 184 valence electrons. The van der Waals surface area contributed by atoms with Crippen LogP contribution in [0.25, 0.3) is 11.4 Å². The minimum atomic E-state index is -0.603. The van der Waals surface area contributed by atoms with Crippen LogP contribution in [-0.2, 0) is 18.0 Å². The average molecular weight is 480 g/mol. The number of pyridine rings is 1. The maximum Gasteiger partial charge on any atom is 0.228 e. The highest BCUT2D eigenvalue weighted by molar-refractivity contribution is 5.78. The molecule has 3 aromatic rings. The molecule has 2 aromatic heterocycles. The van der Waals surface area contributed by atoms with Gasteiger partial charge in [0, 0.05) is 43.5 Å². The van der Waals surface area contributed by atoms with E-state index in [-0.39, 0.29) is 17.9 Å². The van der Waals surface area contributed by atoms with Gasteiger partial charge in [-0.2, -0.15) is 15.0 Å². The minimum absolute atomic E-state index is 0.000528. The number of hydrogen-bond acceptors (Lipinski definition) is 8. The van der Waals surface area contributed by atoms with Gasteiger partial charge in [0.1, 0.15) is 12.4 Å². The van der Waals surface area contributed by atoms with Gasteiger partial charge in [-0.3, -0.25) is 9.78 Å². The Morgan fingerprint density at radius 1 is 1.09 bits per heavy atom. The van der Waals surface area contributed by atoms with Crippen molar-refractivity contribution in [3.05, 3.63) is 53.9 Å². The maximum atomic E-state index is 13.4. The van der Waals surface area contributed by atoms with Gasteiger partial charge in [-0.1, -0.05) is 6.07 Å². The molecule has 0 saturated heterocycles. The lowest BCUT2D eigenvalue weighted by atomic mass is 9.85. The molecule has 0 radical (unpaired) electrons. The number of rotatable bonds is 9. The second-order valence-corrected chi connectivity index (χ2v) is 8.48. The van der Waals surface area contributed by atoms with Gasteiger partial charge in [0.15, 0.2) is 5.82 Å². The van der Waals surface area contributed by atoms with Gasteiger partial charge in [-0.15, -0.1) is 0 Å². The molecule has 3 N–H and O–H groups in total. The molecule has 1 amide bonds. The van der Waals surface area contributed by atoms with E-state index >= 15 is 0 Å². The van der Waals surface area contributed by atoms with Gasteiger partial charge in [0.25, 0.3) is 0 Å². The number of alkyl halides is 1. The fourth-order valence-electron chi connectivity index (χ4n) is 4.21. The summed E-state index contributed by atoms with van der Waals surface area (Å²) in [6.07, 6.45) is 6.56. The minimum Gasteiger partial charge on any atom is -0.497 e. The quantitative estimate of drug-likeness (QED) is 0.425. The Hall–Kier alpha value is -3.82. The first-order valence-electron chi connectivity index (χ1n) is 11.7. The SMILES string of the molecule is CNc1nc(NC2CCC(C(=O)NCc3ccc(OC)cc3CF)CC2)nc(-c2cccnc2)n1. The van der Waals surface area contributed by atoms with Crippen LogP contribution in [0.3, 0.4) is 0 Å². The smallest absolute Gasteiger partial charge is 0.228 e. The zero-order chi connectivity index (χ0) is 24.6. The summed E-state index contributed by atoms with van der Waals surface area (Å²) in [5, 5.41) is 9.35. The Labute approximate surface area is 204 Å². The van der Waals surface area contributed by atoms with Crippen LogP contribution in [0.15, 0.2) is 42.7 Å². The third-order valence-corrected chi connectivity index (χ3v) is 6.22. The summed E-state index contributed by atoms with van der Waals surface area (Å²) in [6, 6.07) is 9.13. The van der Waals surface area contributed by atoms with Crippen LogP contribution in [0.4, 0.5) is 16.3 Å². The molecule has 2 heterocycles. The summed E-state index contributed by atoms with van der Waals surface area (Å²) >= 11 is 0. The van der Waals surface area contributed by atoms with Crippen LogP contribution < -0.4 is 20.7 Å². The van der Waals surface area contributed by atoms with Crippen LogP contribution in [0, 0.1) is 5.92 Å². The van der Waals surface area contributed by atoms with Crippen molar-refractivity contribution in [2.24, 2.45) is 5.92 Å². The first-order valence-corrected chi connectivity index (χ1v) is 11.7. The van der Waals surface area contributed by atoms with Gasteiger partial charge in [-0.05, 0) is 61.1 Å². The lowest BCUT2D eigenvalue weighted by molar-refractivity contribution is -0.126. The molecular weight excluding hydrogens is 449 g/mol. The second kappa shape index (κ2) is 11.5. The molecular formula is C25H30FN7O2. The van der Waals surface area contributed by atoms with Crippen molar-refractivity contribution in [1.82, 2.24) is 25.3 Å².